The molecule has 0 aromatic heterocycles. The highest BCUT2D eigenvalue weighted by Crippen LogP contribution is 2.31. The molecule has 3 rings (SSSR count). The van der Waals surface area contributed by atoms with Crippen LogP contribution in [0.1, 0.15) is 30.9 Å². The third kappa shape index (κ3) is 5.13. The lowest BCUT2D eigenvalue weighted by Crippen LogP contribution is -2.55. The summed E-state index contributed by atoms with van der Waals surface area (Å²) in [4.78, 5) is 17.2. The Bertz CT molecular complexity index is 899. The fourth-order valence-electron chi connectivity index (χ4n) is 4.19. The number of nitrogens with zero attached hydrogens (tertiary/aromatic N) is 2. The van der Waals surface area contributed by atoms with Gasteiger partial charge in [-0.15, -0.1) is 6.58 Å². The number of carbonyl (C=O) groups is 1. The Morgan fingerprint density at radius 1 is 1.19 bits per heavy atom. The predicted molar refractivity (Wildman–Crippen MR) is 120 cm³/mol. The Hall–Kier alpha value is -2.73. The Labute approximate surface area is 183 Å². The van der Waals surface area contributed by atoms with Gasteiger partial charge >= 0.3 is 6.03 Å². The van der Waals surface area contributed by atoms with Crippen molar-refractivity contribution in [2.24, 2.45) is 0 Å². The van der Waals surface area contributed by atoms with E-state index >= 15 is 0 Å². The van der Waals surface area contributed by atoms with Crippen LogP contribution in [0.4, 0.5) is 13.6 Å². The van der Waals surface area contributed by atoms with Crippen LogP contribution in [0, 0.1) is 11.6 Å². The van der Waals surface area contributed by atoms with E-state index in [4.69, 9.17) is 0 Å². The largest absolute Gasteiger partial charge is 0.325 e. The summed E-state index contributed by atoms with van der Waals surface area (Å²) in [5.74, 6) is -0.962. The van der Waals surface area contributed by atoms with Crippen molar-refractivity contribution in [3.63, 3.8) is 0 Å². The molecule has 1 heterocycles. The second-order valence-electron chi connectivity index (χ2n) is 8.23. The summed E-state index contributed by atoms with van der Waals surface area (Å²) in [6.45, 7) is 7.92. The van der Waals surface area contributed by atoms with Gasteiger partial charge in [-0.1, -0.05) is 36.4 Å². The molecule has 1 unspecified atom stereocenters. The highest BCUT2D eigenvalue weighted by Gasteiger charge is 2.37. The zero-order valence-corrected chi connectivity index (χ0v) is 18.3. The molecule has 1 aliphatic rings. The van der Waals surface area contributed by atoms with Gasteiger partial charge in [0.15, 0.2) is 0 Å². The molecule has 2 amide bonds. The number of nitrogens with one attached hydrogen (secondary N) is 1. The Balaban J connectivity index is 1.93. The molecular weight excluding hydrogens is 396 g/mol. The molecule has 1 saturated heterocycles. The number of rotatable bonds is 7. The molecule has 6 heteroatoms. The second-order valence-corrected chi connectivity index (χ2v) is 8.23. The van der Waals surface area contributed by atoms with Crippen LogP contribution in [0.2, 0.25) is 0 Å². The maximum absolute atomic E-state index is 14.3. The molecule has 0 aliphatic carbocycles. The molecule has 1 fully saturated rings. The van der Waals surface area contributed by atoms with Crippen LogP contribution in [-0.2, 0) is 12.0 Å². The van der Waals surface area contributed by atoms with Crippen molar-refractivity contribution in [2.45, 2.75) is 37.8 Å². The lowest BCUT2D eigenvalue weighted by Gasteiger charge is -2.44. The normalized spacial score (nSPS) is 16.4. The van der Waals surface area contributed by atoms with Crippen LogP contribution in [0.3, 0.4) is 0 Å². The molecule has 1 aliphatic heterocycles. The van der Waals surface area contributed by atoms with Gasteiger partial charge in [-0.2, -0.15) is 0 Å². The highest BCUT2D eigenvalue weighted by atomic mass is 19.1. The number of hydrogen-bond acceptors (Lipinski definition) is 2. The fourth-order valence-corrected chi connectivity index (χ4v) is 4.19. The van der Waals surface area contributed by atoms with E-state index in [9.17, 15) is 13.6 Å². The number of piperidine rings is 1. The Morgan fingerprint density at radius 3 is 2.52 bits per heavy atom. The predicted octanol–water partition coefficient (Wildman–Crippen LogP) is 4.71. The first-order chi connectivity index (χ1) is 14.9. The maximum atomic E-state index is 14.3. The van der Waals surface area contributed by atoms with Crippen molar-refractivity contribution in [2.75, 3.05) is 26.7 Å². The molecule has 166 valence electrons. The first-order valence-electron chi connectivity index (χ1n) is 10.7. The van der Waals surface area contributed by atoms with Gasteiger partial charge < -0.3 is 15.1 Å². The van der Waals surface area contributed by atoms with E-state index in [0.717, 1.165) is 43.6 Å². The average Bonchev–Trinajstić information content (AvgIpc) is 2.81. The molecule has 0 radical (unpaired) electrons. The van der Waals surface area contributed by atoms with E-state index in [1.54, 1.807) is 15.9 Å². The van der Waals surface area contributed by atoms with Crippen LogP contribution in [0.5, 0.6) is 0 Å². The topological polar surface area (TPSA) is 35.6 Å². The molecule has 4 nitrogen and oxygen atoms in total. The van der Waals surface area contributed by atoms with E-state index < -0.39 is 17.2 Å². The molecule has 1 atom stereocenters. The quantitative estimate of drug-likeness (QED) is 0.650. The SMILES string of the molecule is C=CC(C)(c1ccccc1)N(CCc1cc(F)ccc1F)C(=O)N(C)C1CCNCC1. The minimum Gasteiger partial charge on any atom is -0.325 e. The van der Waals surface area contributed by atoms with Crippen LogP contribution in [0.15, 0.2) is 61.2 Å². The van der Waals surface area contributed by atoms with Gasteiger partial charge in [0.2, 0.25) is 0 Å². The minimum atomic E-state index is -0.802. The van der Waals surface area contributed by atoms with Crippen LogP contribution < -0.4 is 5.32 Å². The minimum absolute atomic E-state index is 0.131. The van der Waals surface area contributed by atoms with E-state index in [1.807, 2.05) is 44.3 Å². The number of urea groups is 1. The van der Waals surface area contributed by atoms with Crippen molar-refractivity contribution in [3.05, 3.63) is 83.9 Å². The third-order valence-electron chi connectivity index (χ3n) is 6.32. The fraction of sp³-hybridized carbons (Fsp3) is 0.400. The first-order valence-corrected chi connectivity index (χ1v) is 10.7. The van der Waals surface area contributed by atoms with Crippen molar-refractivity contribution < 1.29 is 13.6 Å². The molecule has 31 heavy (non-hydrogen) atoms. The first kappa shape index (κ1) is 22.9. The van der Waals surface area contributed by atoms with Gasteiger partial charge in [-0.3, -0.25) is 0 Å². The number of hydrogen-bond donors (Lipinski definition) is 1. The molecule has 2 aromatic rings. The average molecular weight is 428 g/mol. The van der Waals surface area contributed by atoms with E-state index in [2.05, 4.69) is 11.9 Å². The van der Waals surface area contributed by atoms with Gasteiger partial charge in [0, 0.05) is 19.6 Å². The van der Waals surface area contributed by atoms with Crippen LogP contribution in [-0.4, -0.2) is 48.6 Å². The van der Waals surface area contributed by atoms with E-state index in [-0.39, 0.29) is 30.6 Å². The van der Waals surface area contributed by atoms with Gasteiger partial charge in [-0.25, -0.2) is 13.6 Å². The lowest BCUT2D eigenvalue weighted by atomic mass is 9.89. The number of carbonyl (C=O) groups excluding carboxylic acids is 1. The Kier molecular flexibility index (Phi) is 7.44. The zero-order valence-electron chi connectivity index (χ0n) is 18.3. The monoisotopic (exact) mass is 427 g/mol. The lowest BCUT2D eigenvalue weighted by molar-refractivity contribution is 0.102. The molecule has 1 N–H and O–H groups in total. The van der Waals surface area contributed by atoms with Gasteiger partial charge in [0.05, 0.1) is 5.54 Å². The number of amides is 2. The summed E-state index contributed by atoms with van der Waals surface area (Å²) in [6.07, 6.45) is 3.71. The summed E-state index contributed by atoms with van der Waals surface area (Å²) in [5, 5.41) is 3.32. The number of halogens is 2. The molecular formula is C25H31F2N3O. The van der Waals surface area contributed by atoms with Gasteiger partial charge in [0.25, 0.3) is 0 Å². The third-order valence-corrected chi connectivity index (χ3v) is 6.32. The van der Waals surface area contributed by atoms with E-state index in [0.29, 0.717) is 0 Å². The van der Waals surface area contributed by atoms with Crippen LogP contribution >= 0.6 is 0 Å². The summed E-state index contributed by atoms with van der Waals surface area (Å²) in [6, 6.07) is 13.1. The van der Waals surface area contributed by atoms with Crippen molar-refractivity contribution in [1.82, 2.24) is 15.1 Å². The van der Waals surface area contributed by atoms with Crippen molar-refractivity contribution in [1.29, 1.82) is 0 Å². The van der Waals surface area contributed by atoms with Gasteiger partial charge in [0.1, 0.15) is 11.6 Å². The van der Waals surface area contributed by atoms with Crippen molar-refractivity contribution >= 4 is 6.03 Å². The van der Waals surface area contributed by atoms with Crippen molar-refractivity contribution in [3.8, 4) is 0 Å². The zero-order chi connectivity index (χ0) is 22.4. The molecule has 0 bridgehead atoms. The second kappa shape index (κ2) is 10.1. The Morgan fingerprint density at radius 2 is 1.87 bits per heavy atom. The summed E-state index contributed by atoms with van der Waals surface area (Å²) in [5.41, 5.74) is 0.363. The van der Waals surface area contributed by atoms with E-state index in [1.165, 1.54) is 6.07 Å². The highest BCUT2D eigenvalue weighted by molar-refractivity contribution is 5.76. The summed E-state index contributed by atoms with van der Waals surface area (Å²) >= 11 is 0. The summed E-state index contributed by atoms with van der Waals surface area (Å²) in [7, 11) is 1.82. The standard InChI is InChI=1S/C25H31F2N3O/c1-4-25(2,20-8-6-5-7-9-20)30(17-14-19-18-21(26)10-11-23(19)27)24(31)29(3)22-12-15-28-16-13-22/h4-11,18,22,28H,1,12-17H2,2-3H3. The molecule has 0 spiro atoms. The summed E-state index contributed by atoms with van der Waals surface area (Å²) < 4.78 is 28.0. The smallest absolute Gasteiger partial charge is 0.320 e. The number of benzene rings is 2. The molecule has 0 saturated carbocycles. The van der Waals surface area contributed by atoms with Gasteiger partial charge in [-0.05, 0) is 68.6 Å². The van der Waals surface area contributed by atoms with Crippen LogP contribution in [0.25, 0.3) is 0 Å². The maximum Gasteiger partial charge on any atom is 0.320 e. The molecule has 2 aromatic carbocycles.